The van der Waals surface area contributed by atoms with Crippen LogP contribution in [0, 0.1) is 0 Å². The van der Waals surface area contributed by atoms with Crippen LogP contribution in [0.2, 0.25) is 0 Å². The van der Waals surface area contributed by atoms with Crippen LogP contribution < -0.4 is 4.72 Å². The Morgan fingerprint density at radius 3 is 2.70 bits per heavy atom. The third kappa shape index (κ3) is 3.99. The van der Waals surface area contributed by atoms with Gasteiger partial charge in [-0.2, -0.15) is 5.10 Å². The maximum absolute atomic E-state index is 12.6. The van der Waals surface area contributed by atoms with Gasteiger partial charge in [-0.15, -0.1) is 0 Å². The van der Waals surface area contributed by atoms with Gasteiger partial charge in [0.2, 0.25) is 10.0 Å². The van der Waals surface area contributed by atoms with Gasteiger partial charge in [-0.05, 0) is 30.7 Å². The minimum absolute atomic E-state index is 0.0298. The largest absolute Gasteiger partial charge is 0.465 e. The molecule has 0 saturated heterocycles. The monoisotopic (exact) mass is 388 g/mol. The number of benzene rings is 1. The van der Waals surface area contributed by atoms with Gasteiger partial charge in [0.1, 0.15) is 0 Å². The van der Waals surface area contributed by atoms with Gasteiger partial charge in [-0.1, -0.05) is 12.1 Å². The third-order valence-corrected chi connectivity index (χ3v) is 6.16. The molecule has 1 N–H and O–H groups in total. The summed E-state index contributed by atoms with van der Waals surface area (Å²) in [4.78, 5) is 15.5. The number of esters is 1. The zero-order chi connectivity index (χ0) is 19.6. The standard InChI is InChI=1S/C18H20N4O4S/c1-12(13-4-5-14-10-20-22(2)17(14)8-13)27(24,25)21-11-16-7-6-15(9-19-16)18(23)26-3/h4-10,12,21H,11H2,1-3H3. The summed E-state index contributed by atoms with van der Waals surface area (Å²) in [6.45, 7) is 1.66. The van der Waals surface area contributed by atoms with Crippen molar-refractivity contribution < 1.29 is 17.9 Å². The smallest absolute Gasteiger partial charge is 0.339 e. The average Bonchev–Trinajstić information content (AvgIpc) is 3.06. The van der Waals surface area contributed by atoms with Crippen LogP contribution in [0.5, 0.6) is 0 Å². The number of hydrogen-bond acceptors (Lipinski definition) is 6. The van der Waals surface area contributed by atoms with Crippen molar-refractivity contribution in [1.82, 2.24) is 19.5 Å². The number of aromatic nitrogens is 3. The van der Waals surface area contributed by atoms with E-state index in [0.717, 1.165) is 10.9 Å². The lowest BCUT2D eigenvalue weighted by Crippen LogP contribution is -2.28. The van der Waals surface area contributed by atoms with Crippen molar-refractivity contribution in [3.63, 3.8) is 0 Å². The molecule has 0 aliphatic rings. The number of nitrogens with one attached hydrogen (secondary N) is 1. The second kappa shape index (κ2) is 7.45. The van der Waals surface area contributed by atoms with E-state index in [-0.39, 0.29) is 6.54 Å². The van der Waals surface area contributed by atoms with Crippen molar-refractivity contribution in [2.45, 2.75) is 18.7 Å². The molecule has 2 heterocycles. The van der Waals surface area contributed by atoms with Gasteiger partial charge in [0.15, 0.2) is 0 Å². The molecule has 0 aliphatic carbocycles. The number of ether oxygens (including phenoxy) is 1. The Labute approximate surface area is 157 Å². The number of fused-ring (bicyclic) bond motifs is 1. The second-order valence-corrected chi connectivity index (χ2v) is 8.21. The number of rotatable bonds is 6. The Hall–Kier alpha value is -2.78. The van der Waals surface area contributed by atoms with Crippen LogP contribution in [0.25, 0.3) is 10.9 Å². The number of carbonyl (C=O) groups is 1. The van der Waals surface area contributed by atoms with Gasteiger partial charge < -0.3 is 4.74 Å². The predicted molar refractivity (Wildman–Crippen MR) is 100 cm³/mol. The highest BCUT2D eigenvalue weighted by Gasteiger charge is 2.23. The molecular formula is C18H20N4O4S. The average molecular weight is 388 g/mol. The molecule has 0 amide bonds. The topological polar surface area (TPSA) is 103 Å². The van der Waals surface area contributed by atoms with Crippen LogP contribution in [0.1, 0.15) is 33.8 Å². The fourth-order valence-corrected chi connectivity index (χ4v) is 3.76. The Morgan fingerprint density at radius 1 is 1.26 bits per heavy atom. The summed E-state index contributed by atoms with van der Waals surface area (Å²) in [5.74, 6) is -0.492. The van der Waals surface area contributed by atoms with E-state index >= 15 is 0 Å². The van der Waals surface area contributed by atoms with Crippen molar-refractivity contribution in [2.24, 2.45) is 7.05 Å². The number of carbonyl (C=O) groups excluding carboxylic acids is 1. The lowest BCUT2D eigenvalue weighted by Gasteiger charge is -2.14. The number of pyridine rings is 1. The molecule has 3 aromatic rings. The Morgan fingerprint density at radius 2 is 2.04 bits per heavy atom. The SMILES string of the molecule is COC(=O)c1ccc(CNS(=O)(=O)C(C)c2ccc3cnn(C)c3c2)nc1. The molecule has 0 spiro atoms. The van der Waals surface area contributed by atoms with E-state index in [0.29, 0.717) is 16.8 Å². The number of sulfonamides is 1. The third-order valence-electron chi connectivity index (χ3n) is 4.41. The second-order valence-electron chi connectivity index (χ2n) is 6.12. The molecule has 0 bridgehead atoms. The zero-order valence-corrected chi connectivity index (χ0v) is 16.0. The minimum atomic E-state index is -3.62. The van der Waals surface area contributed by atoms with Gasteiger partial charge >= 0.3 is 5.97 Å². The highest BCUT2D eigenvalue weighted by Crippen LogP contribution is 2.25. The molecule has 0 aliphatic heterocycles. The van der Waals surface area contributed by atoms with E-state index in [9.17, 15) is 13.2 Å². The molecule has 9 heteroatoms. The molecule has 1 unspecified atom stereocenters. The molecule has 1 aromatic carbocycles. The van der Waals surface area contributed by atoms with Crippen LogP contribution in [0.4, 0.5) is 0 Å². The van der Waals surface area contributed by atoms with E-state index in [1.165, 1.54) is 13.3 Å². The summed E-state index contributed by atoms with van der Waals surface area (Å²) in [7, 11) is -0.520. The summed E-state index contributed by atoms with van der Waals surface area (Å²) in [6, 6.07) is 8.60. The Balaban J connectivity index is 1.73. The molecule has 0 fully saturated rings. The van der Waals surface area contributed by atoms with Gasteiger partial charge in [0.25, 0.3) is 0 Å². The minimum Gasteiger partial charge on any atom is -0.465 e. The van der Waals surface area contributed by atoms with Crippen LogP contribution in [0.15, 0.2) is 42.7 Å². The van der Waals surface area contributed by atoms with Gasteiger partial charge in [-0.25, -0.2) is 17.9 Å². The van der Waals surface area contributed by atoms with E-state index in [2.05, 4.69) is 19.5 Å². The summed E-state index contributed by atoms with van der Waals surface area (Å²) in [5.41, 5.74) is 2.35. The van der Waals surface area contributed by atoms with Crippen molar-refractivity contribution in [1.29, 1.82) is 0 Å². The summed E-state index contributed by atoms with van der Waals surface area (Å²) >= 11 is 0. The maximum atomic E-state index is 12.6. The van der Waals surface area contributed by atoms with Crippen LogP contribution >= 0.6 is 0 Å². The Kier molecular flexibility index (Phi) is 5.24. The molecule has 142 valence electrons. The molecule has 27 heavy (non-hydrogen) atoms. The predicted octanol–water partition coefficient (Wildman–Crippen LogP) is 1.94. The van der Waals surface area contributed by atoms with Crippen molar-refractivity contribution >= 4 is 26.9 Å². The molecule has 8 nitrogen and oxygen atoms in total. The molecule has 0 saturated carbocycles. The van der Waals surface area contributed by atoms with E-state index in [4.69, 9.17) is 0 Å². The molecule has 1 atom stereocenters. The number of methoxy groups -OCH3 is 1. The van der Waals surface area contributed by atoms with Crippen molar-refractivity contribution in [3.8, 4) is 0 Å². The van der Waals surface area contributed by atoms with E-state index in [1.807, 2.05) is 19.2 Å². The fourth-order valence-electron chi connectivity index (χ4n) is 2.66. The van der Waals surface area contributed by atoms with Gasteiger partial charge in [0, 0.05) is 18.6 Å². The molecule has 3 rings (SSSR count). The number of hydrogen-bond donors (Lipinski definition) is 1. The van der Waals surface area contributed by atoms with Crippen LogP contribution in [0.3, 0.4) is 0 Å². The highest BCUT2D eigenvalue weighted by molar-refractivity contribution is 7.89. The maximum Gasteiger partial charge on any atom is 0.339 e. The molecule has 0 radical (unpaired) electrons. The fraction of sp³-hybridized carbons (Fsp3) is 0.278. The number of aryl methyl sites for hydroxylation is 1. The summed E-state index contributed by atoms with van der Waals surface area (Å²) in [6.07, 6.45) is 3.09. The quantitative estimate of drug-likeness (QED) is 0.647. The van der Waals surface area contributed by atoms with Crippen LogP contribution in [-0.2, 0) is 28.4 Å². The highest BCUT2D eigenvalue weighted by atomic mass is 32.2. The summed E-state index contributed by atoms with van der Waals surface area (Å²) in [5, 5.41) is 4.38. The number of nitrogens with zero attached hydrogens (tertiary/aromatic N) is 3. The van der Waals surface area contributed by atoms with E-state index < -0.39 is 21.2 Å². The first kappa shape index (κ1) is 19.0. The van der Waals surface area contributed by atoms with Crippen molar-refractivity contribution in [2.75, 3.05) is 7.11 Å². The first-order valence-corrected chi connectivity index (χ1v) is 9.80. The molecular weight excluding hydrogens is 368 g/mol. The Bertz CT molecular complexity index is 1070. The summed E-state index contributed by atoms with van der Waals surface area (Å²) < 4.78 is 34.2. The van der Waals surface area contributed by atoms with Crippen molar-refractivity contribution in [3.05, 3.63) is 59.5 Å². The lowest BCUT2D eigenvalue weighted by molar-refractivity contribution is 0.0600. The first-order valence-electron chi connectivity index (χ1n) is 8.25. The molecule has 2 aromatic heterocycles. The van der Waals surface area contributed by atoms with Crippen LogP contribution in [-0.4, -0.2) is 36.3 Å². The van der Waals surface area contributed by atoms with Gasteiger partial charge in [-0.3, -0.25) is 9.67 Å². The first-order chi connectivity index (χ1) is 12.8. The normalized spacial score (nSPS) is 12.9. The van der Waals surface area contributed by atoms with E-state index in [1.54, 1.807) is 36.0 Å². The lowest BCUT2D eigenvalue weighted by atomic mass is 10.1. The van der Waals surface area contributed by atoms with Gasteiger partial charge in [0.05, 0.1) is 41.9 Å². The zero-order valence-electron chi connectivity index (χ0n) is 15.2.